The van der Waals surface area contributed by atoms with Crippen molar-refractivity contribution < 1.29 is 9.53 Å². The highest BCUT2D eigenvalue weighted by Gasteiger charge is 2.42. The Morgan fingerprint density at radius 1 is 1.42 bits per heavy atom. The zero-order valence-corrected chi connectivity index (χ0v) is 12.9. The van der Waals surface area contributed by atoms with E-state index < -0.39 is 5.54 Å². The maximum Gasteiger partial charge on any atom is 0.332 e. The SMILES string of the molecule is COC(=O)C1(Nc2ccc(Br)cc2)CCCN(C)C1. The summed E-state index contributed by atoms with van der Waals surface area (Å²) in [6.07, 6.45) is 1.77. The molecule has 0 bridgehead atoms. The van der Waals surface area contributed by atoms with Crippen molar-refractivity contribution in [3.8, 4) is 0 Å². The van der Waals surface area contributed by atoms with E-state index in [0.717, 1.165) is 29.5 Å². The van der Waals surface area contributed by atoms with E-state index in [1.165, 1.54) is 7.11 Å². The highest BCUT2D eigenvalue weighted by molar-refractivity contribution is 9.10. The summed E-state index contributed by atoms with van der Waals surface area (Å²) in [6.45, 7) is 1.68. The number of piperidine rings is 1. The number of halogens is 1. The van der Waals surface area contributed by atoms with E-state index in [1.807, 2.05) is 31.3 Å². The molecule has 1 fully saturated rings. The number of hydrogen-bond acceptors (Lipinski definition) is 4. The number of likely N-dealkylation sites (N-methyl/N-ethyl adjacent to an activating group) is 1. The van der Waals surface area contributed by atoms with Crippen molar-refractivity contribution in [1.82, 2.24) is 4.90 Å². The molecular weight excluding hydrogens is 308 g/mol. The smallest absolute Gasteiger partial charge is 0.332 e. The molecule has 1 N–H and O–H groups in total. The van der Waals surface area contributed by atoms with E-state index in [1.54, 1.807) is 0 Å². The number of methoxy groups -OCH3 is 1. The third-order valence-corrected chi connectivity index (χ3v) is 4.02. The van der Waals surface area contributed by atoms with E-state index in [2.05, 4.69) is 26.1 Å². The fraction of sp³-hybridized carbons (Fsp3) is 0.500. The van der Waals surface area contributed by atoms with Gasteiger partial charge in [-0.1, -0.05) is 15.9 Å². The van der Waals surface area contributed by atoms with Gasteiger partial charge in [0.05, 0.1) is 7.11 Å². The molecule has 0 spiro atoms. The second kappa shape index (κ2) is 5.92. The fourth-order valence-electron chi connectivity index (χ4n) is 2.59. The van der Waals surface area contributed by atoms with Gasteiger partial charge in [0, 0.05) is 16.7 Å². The van der Waals surface area contributed by atoms with Gasteiger partial charge < -0.3 is 15.0 Å². The van der Waals surface area contributed by atoms with Gasteiger partial charge in [-0.3, -0.25) is 0 Å². The quantitative estimate of drug-likeness (QED) is 0.866. The van der Waals surface area contributed by atoms with Crippen LogP contribution in [-0.2, 0) is 9.53 Å². The minimum Gasteiger partial charge on any atom is -0.467 e. The molecule has 1 saturated heterocycles. The van der Waals surface area contributed by atoms with Crippen LogP contribution in [0.1, 0.15) is 12.8 Å². The molecule has 1 aliphatic rings. The highest BCUT2D eigenvalue weighted by Crippen LogP contribution is 2.27. The number of ether oxygens (including phenoxy) is 1. The summed E-state index contributed by atoms with van der Waals surface area (Å²) in [4.78, 5) is 14.3. The maximum absolute atomic E-state index is 12.2. The lowest BCUT2D eigenvalue weighted by atomic mass is 9.88. The lowest BCUT2D eigenvalue weighted by Gasteiger charge is -2.40. The summed E-state index contributed by atoms with van der Waals surface area (Å²) in [6, 6.07) is 7.84. The first-order valence-electron chi connectivity index (χ1n) is 6.36. The second-order valence-electron chi connectivity index (χ2n) is 5.05. The normalized spacial score (nSPS) is 23.9. The molecule has 0 saturated carbocycles. The van der Waals surface area contributed by atoms with Gasteiger partial charge in [-0.05, 0) is 50.7 Å². The van der Waals surface area contributed by atoms with E-state index in [9.17, 15) is 4.79 Å². The van der Waals surface area contributed by atoms with Crippen molar-refractivity contribution in [2.24, 2.45) is 0 Å². The third-order valence-electron chi connectivity index (χ3n) is 3.49. The molecule has 1 aromatic carbocycles. The first-order valence-corrected chi connectivity index (χ1v) is 7.16. The molecule has 0 aliphatic carbocycles. The first kappa shape index (κ1) is 14.3. The Hall–Kier alpha value is -1.07. The Morgan fingerprint density at radius 2 is 2.11 bits per heavy atom. The van der Waals surface area contributed by atoms with Crippen LogP contribution in [-0.4, -0.2) is 43.7 Å². The van der Waals surface area contributed by atoms with Crippen LogP contribution in [0.5, 0.6) is 0 Å². The van der Waals surface area contributed by atoms with Crippen molar-refractivity contribution in [2.75, 3.05) is 32.6 Å². The largest absolute Gasteiger partial charge is 0.467 e. The Balaban J connectivity index is 2.22. The van der Waals surface area contributed by atoms with Crippen LogP contribution in [0.15, 0.2) is 28.7 Å². The molecule has 1 aliphatic heterocycles. The molecule has 5 heteroatoms. The molecule has 1 aromatic rings. The molecule has 4 nitrogen and oxygen atoms in total. The Kier molecular flexibility index (Phi) is 4.47. The van der Waals surface area contributed by atoms with E-state index in [-0.39, 0.29) is 5.97 Å². The van der Waals surface area contributed by atoms with Crippen molar-refractivity contribution >= 4 is 27.6 Å². The number of nitrogens with one attached hydrogen (secondary N) is 1. The van der Waals surface area contributed by atoms with Crippen molar-refractivity contribution in [1.29, 1.82) is 0 Å². The van der Waals surface area contributed by atoms with Crippen LogP contribution in [0.4, 0.5) is 5.69 Å². The predicted molar refractivity (Wildman–Crippen MR) is 79.2 cm³/mol. The predicted octanol–water partition coefficient (Wildman–Crippen LogP) is 2.50. The monoisotopic (exact) mass is 326 g/mol. The lowest BCUT2D eigenvalue weighted by Crippen LogP contribution is -2.57. The molecule has 19 heavy (non-hydrogen) atoms. The Morgan fingerprint density at radius 3 is 2.68 bits per heavy atom. The number of nitrogens with zero attached hydrogens (tertiary/aromatic N) is 1. The standard InChI is InChI=1S/C14H19BrN2O2/c1-17-9-3-8-14(10-17,13(18)19-2)16-12-6-4-11(15)5-7-12/h4-7,16H,3,8-10H2,1-2H3. The molecule has 0 radical (unpaired) electrons. The molecule has 1 unspecified atom stereocenters. The minimum atomic E-state index is -0.643. The Bertz CT molecular complexity index is 449. The minimum absolute atomic E-state index is 0.193. The van der Waals surface area contributed by atoms with Crippen LogP contribution in [0, 0.1) is 0 Å². The van der Waals surface area contributed by atoms with Gasteiger partial charge in [-0.2, -0.15) is 0 Å². The fourth-order valence-corrected chi connectivity index (χ4v) is 2.86. The van der Waals surface area contributed by atoms with Gasteiger partial charge in [0.1, 0.15) is 5.54 Å². The zero-order valence-electron chi connectivity index (χ0n) is 11.3. The van der Waals surface area contributed by atoms with Crippen LogP contribution in [0.2, 0.25) is 0 Å². The van der Waals surface area contributed by atoms with Crippen molar-refractivity contribution in [3.05, 3.63) is 28.7 Å². The summed E-state index contributed by atoms with van der Waals surface area (Å²) < 4.78 is 6.02. The lowest BCUT2D eigenvalue weighted by molar-refractivity contribution is -0.147. The van der Waals surface area contributed by atoms with E-state index in [0.29, 0.717) is 6.54 Å². The van der Waals surface area contributed by atoms with Crippen LogP contribution < -0.4 is 5.32 Å². The molecular formula is C14H19BrN2O2. The number of anilines is 1. The number of hydrogen-bond donors (Lipinski definition) is 1. The summed E-state index contributed by atoms with van der Waals surface area (Å²) in [5.74, 6) is -0.193. The van der Waals surface area contributed by atoms with Gasteiger partial charge >= 0.3 is 5.97 Å². The van der Waals surface area contributed by atoms with Gasteiger partial charge in [0.15, 0.2) is 0 Å². The highest BCUT2D eigenvalue weighted by atomic mass is 79.9. The topological polar surface area (TPSA) is 41.6 Å². The third kappa shape index (κ3) is 3.28. The van der Waals surface area contributed by atoms with E-state index >= 15 is 0 Å². The Labute approximate surface area is 122 Å². The number of esters is 1. The van der Waals surface area contributed by atoms with Gasteiger partial charge in [0.25, 0.3) is 0 Å². The molecule has 104 valence electrons. The number of carbonyl (C=O) groups is 1. The molecule has 0 aromatic heterocycles. The van der Waals surface area contributed by atoms with Gasteiger partial charge in [-0.25, -0.2) is 4.79 Å². The first-order chi connectivity index (χ1) is 9.05. The molecule has 1 atom stereocenters. The molecule has 2 rings (SSSR count). The second-order valence-corrected chi connectivity index (χ2v) is 5.96. The molecule has 1 heterocycles. The molecule has 0 amide bonds. The average Bonchev–Trinajstić information content (AvgIpc) is 2.40. The summed E-state index contributed by atoms with van der Waals surface area (Å²) in [5, 5.41) is 3.37. The number of rotatable bonds is 3. The maximum atomic E-state index is 12.2. The van der Waals surface area contributed by atoms with Crippen LogP contribution in [0.25, 0.3) is 0 Å². The van der Waals surface area contributed by atoms with Crippen molar-refractivity contribution in [3.63, 3.8) is 0 Å². The van der Waals surface area contributed by atoms with Crippen LogP contribution >= 0.6 is 15.9 Å². The number of likely N-dealkylation sites (tertiary alicyclic amines) is 1. The summed E-state index contributed by atoms with van der Waals surface area (Å²) >= 11 is 3.41. The summed E-state index contributed by atoms with van der Waals surface area (Å²) in [5.41, 5.74) is 0.291. The van der Waals surface area contributed by atoms with Gasteiger partial charge in [0.2, 0.25) is 0 Å². The van der Waals surface area contributed by atoms with E-state index in [4.69, 9.17) is 4.74 Å². The van der Waals surface area contributed by atoms with Crippen molar-refractivity contribution in [2.45, 2.75) is 18.4 Å². The van der Waals surface area contributed by atoms with Gasteiger partial charge in [-0.15, -0.1) is 0 Å². The number of carbonyl (C=O) groups excluding carboxylic acids is 1. The van der Waals surface area contributed by atoms with Crippen LogP contribution in [0.3, 0.4) is 0 Å². The summed E-state index contributed by atoms with van der Waals surface area (Å²) in [7, 11) is 3.47. The average molecular weight is 327 g/mol. The number of benzene rings is 1. The zero-order chi connectivity index (χ0) is 13.9.